The summed E-state index contributed by atoms with van der Waals surface area (Å²) in [6.07, 6.45) is 3.41. The first-order valence-corrected chi connectivity index (χ1v) is 11.4. The normalized spacial score (nSPS) is 21.8. The SMILES string of the molecule is CC1(c2ccccn2)NC(=O)N(CC(=O)N2N=C(c3cc4ccccc4o3)CC2c2ccco2)C1=O. The Morgan fingerprint density at radius 2 is 1.97 bits per heavy atom. The molecule has 2 atom stereocenters. The lowest BCUT2D eigenvalue weighted by molar-refractivity contribution is -0.140. The number of furan rings is 2. The van der Waals surface area contributed by atoms with Crippen LogP contribution in [0.3, 0.4) is 0 Å². The molecule has 4 amide bonds. The highest BCUT2D eigenvalue weighted by Crippen LogP contribution is 2.35. The van der Waals surface area contributed by atoms with Crippen molar-refractivity contribution in [1.82, 2.24) is 20.2 Å². The van der Waals surface area contributed by atoms with E-state index in [0.717, 1.165) is 10.3 Å². The maximum absolute atomic E-state index is 13.5. The van der Waals surface area contributed by atoms with Gasteiger partial charge in [0.25, 0.3) is 11.8 Å². The predicted molar refractivity (Wildman–Crippen MR) is 127 cm³/mol. The van der Waals surface area contributed by atoms with Crippen molar-refractivity contribution < 1.29 is 23.2 Å². The van der Waals surface area contributed by atoms with Crippen LogP contribution in [0.2, 0.25) is 0 Å². The van der Waals surface area contributed by atoms with Gasteiger partial charge < -0.3 is 14.2 Å². The Labute approximate surface area is 205 Å². The minimum absolute atomic E-state index is 0.352. The van der Waals surface area contributed by atoms with Gasteiger partial charge in [-0.15, -0.1) is 0 Å². The first-order valence-electron chi connectivity index (χ1n) is 11.4. The van der Waals surface area contributed by atoms with Gasteiger partial charge in [0.15, 0.2) is 11.3 Å². The van der Waals surface area contributed by atoms with E-state index in [0.29, 0.717) is 34.9 Å². The van der Waals surface area contributed by atoms with E-state index in [-0.39, 0.29) is 0 Å². The molecule has 180 valence electrons. The molecule has 0 radical (unpaired) electrons. The maximum Gasteiger partial charge on any atom is 0.325 e. The van der Waals surface area contributed by atoms with E-state index < -0.39 is 36.0 Å². The van der Waals surface area contributed by atoms with Crippen LogP contribution in [-0.4, -0.2) is 45.0 Å². The van der Waals surface area contributed by atoms with Crippen molar-refractivity contribution in [3.8, 4) is 0 Å². The number of carbonyl (C=O) groups is 3. The van der Waals surface area contributed by atoms with Crippen molar-refractivity contribution in [2.45, 2.75) is 24.9 Å². The average Bonchev–Trinajstić information content (AvgIpc) is 3.67. The predicted octanol–water partition coefficient (Wildman–Crippen LogP) is 3.57. The molecular formula is C26H21N5O5. The Morgan fingerprint density at radius 1 is 1.14 bits per heavy atom. The second-order valence-electron chi connectivity index (χ2n) is 8.83. The zero-order valence-electron chi connectivity index (χ0n) is 19.2. The highest BCUT2D eigenvalue weighted by atomic mass is 16.3. The molecule has 0 spiro atoms. The van der Waals surface area contributed by atoms with Crippen LogP contribution in [0.4, 0.5) is 4.79 Å². The van der Waals surface area contributed by atoms with Crippen LogP contribution in [0.1, 0.15) is 36.6 Å². The molecule has 1 saturated heterocycles. The van der Waals surface area contributed by atoms with Gasteiger partial charge in [0.05, 0.1) is 12.0 Å². The smallest absolute Gasteiger partial charge is 0.325 e. The first-order chi connectivity index (χ1) is 17.4. The number of hydrazone groups is 1. The summed E-state index contributed by atoms with van der Waals surface area (Å²) in [6, 6.07) is 16.8. The molecule has 2 aliphatic rings. The topological polar surface area (TPSA) is 121 Å². The Morgan fingerprint density at radius 3 is 2.72 bits per heavy atom. The quantitative estimate of drug-likeness (QED) is 0.433. The van der Waals surface area contributed by atoms with Gasteiger partial charge in [-0.05, 0) is 43.3 Å². The number of aromatic nitrogens is 1. The number of hydrogen-bond donors (Lipinski definition) is 1. The molecule has 6 rings (SSSR count). The lowest BCUT2D eigenvalue weighted by Crippen LogP contribution is -2.43. The summed E-state index contributed by atoms with van der Waals surface area (Å²) in [6.45, 7) is 1.08. The minimum atomic E-state index is -1.37. The lowest BCUT2D eigenvalue weighted by Gasteiger charge is -2.23. The van der Waals surface area contributed by atoms with Crippen LogP contribution in [0, 0.1) is 0 Å². The number of carbonyl (C=O) groups excluding carboxylic acids is 3. The van der Waals surface area contributed by atoms with Gasteiger partial charge in [-0.25, -0.2) is 9.80 Å². The summed E-state index contributed by atoms with van der Waals surface area (Å²) in [4.78, 5) is 44.6. The molecule has 0 saturated carbocycles. The third-order valence-corrected chi connectivity index (χ3v) is 6.49. The van der Waals surface area contributed by atoms with E-state index >= 15 is 0 Å². The minimum Gasteiger partial charge on any atom is -0.467 e. The molecule has 5 heterocycles. The maximum atomic E-state index is 13.5. The Bertz CT molecular complexity index is 1480. The van der Waals surface area contributed by atoms with E-state index in [2.05, 4.69) is 15.4 Å². The number of urea groups is 1. The third kappa shape index (κ3) is 3.46. The summed E-state index contributed by atoms with van der Waals surface area (Å²) < 4.78 is 11.5. The number of hydrogen-bond acceptors (Lipinski definition) is 7. The number of para-hydroxylation sites is 1. The molecule has 1 N–H and O–H groups in total. The summed E-state index contributed by atoms with van der Waals surface area (Å²) in [7, 11) is 0. The molecule has 2 aliphatic heterocycles. The van der Waals surface area contributed by atoms with E-state index in [4.69, 9.17) is 8.83 Å². The number of amides is 4. The fraction of sp³-hybridized carbons (Fsp3) is 0.192. The van der Waals surface area contributed by atoms with Gasteiger partial charge in [-0.2, -0.15) is 5.10 Å². The molecule has 3 aromatic heterocycles. The summed E-state index contributed by atoms with van der Waals surface area (Å²) >= 11 is 0. The lowest BCUT2D eigenvalue weighted by atomic mass is 9.97. The molecule has 1 fully saturated rings. The zero-order valence-corrected chi connectivity index (χ0v) is 19.2. The van der Waals surface area contributed by atoms with Crippen molar-refractivity contribution in [2.24, 2.45) is 5.10 Å². The fourth-order valence-electron chi connectivity index (χ4n) is 4.60. The number of pyridine rings is 1. The fourth-order valence-corrected chi connectivity index (χ4v) is 4.60. The molecule has 1 aromatic carbocycles. The number of rotatable bonds is 5. The van der Waals surface area contributed by atoms with E-state index in [1.807, 2.05) is 30.3 Å². The summed E-state index contributed by atoms with van der Waals surface area (Å²) in [5, 5.41) is 9.39. The molecular weight excluding hydrogens is 462 g/mol. The molecule has 4 aromatic rings. The number of fused-ring (bicyclic) bond motifs is 1. The van der Waals surface area contributed by atoms with Gasteiger partial charge in [-0.1, -0.05) is 24.3 Å². The monoisotopic (exact) mass is 483 g/mol. The van der Waals surface area contributed by atoms with E-state index in [1.165, 1.54) is 11.3 Å². The Balaban J connectivity index is 1.29. The van der Waals surface area contributed by atoms with Crippen LogP contribution in [0.5, 0.6) is 0 Å². The van der Waals surface area contributed by atoms with Crippen molar-refractivity contribution >= 4 is 34.5 Å². The van der Waals surface area contributed by atoms with Crippen LogP contribution >= 0.6 is 0 Å². The number of nitrogens with one attached hydrogen (secondary N) is 1. The second kappa shape index (κ2) is 8.19. The van der Waals surface area contributed by atoms with Crippen LogP contribution in [-0.2, 0) is 15.1 Å². The van der Waals surface area contributed by atoms with Gasteiger partial charge in [0, 0.05) is 18.0 Å². The highest BCUT2D eigenvalue weighted by molar-refractivity contribution is 6.09. The van der Waals surface area contributed by atoms with Crippen molar-refractivity contribution in [3.63, 3.8) is 0 Å². The first kappa shape index (κ1) is 21.8. The second-order valence-corrected chi connectivity index (χ2v) is 8.83. The number of imide groups is 1. The van der Waals surface area contributed by atoms with Gasteiger partial charge >= 0.3 is 6.03 Å². The van der Waals surface area contributed by atoms with E-state index in [9.17, 15) is 14.4 Å². The van der Waals surface area contributed by atoms with Gasteiger partial charge in [0.2, 0.25) is 0 Å². The number of benzene rings is 1. The van der Waals surface area contributed by atoms with Crippen molar-refractivity contribution in [1.29, 1.82) is 0 Å². The Hall–Kier alpha value is -4.73. The van der Waals surface area contributed by atoms with Gasteiger partial charge in [0.1, 0.15) is 29.6 Å². The van der Waals surface area contributed by atoms with Crippen LogP contribution in [0.25, 0.3) is 11.0 Å². The molecule has 10 nitrogen and oxygen atoms in total. The van der Waals surface area contributed by atoms with Crippen molar-refractivity contribution in [3.05, 3.63) is 90.3 Å². The molecule has 0 bridgehead atoms. The summed E-state index contributed by atoms with van der Waals surface area (Å²) in [5.41, 5.74) is 0.296. The van der Waals surface area contributed by atoms with Crippen LogP contribution in [0.15, 0.2) is 87.1 Å². The third-order valence-electron chi connectivity index (χ3n) is 6.49. The summed E-state index contributed by atoms with van der Waals surface area (Å²) in [5.74, 6) is -0.0134. The Kier molecular flexibility index (Phi) is 4.96. The van der Waals surface area contributed by atoms with E-state index in [1.54, 1.807) is 43.5 Å². The van der Waals surface area contributed by atoms with Crippen molar-refractivity contribution in [2.75, 3.05) is 6.54 Å². The molecule has 36 heavy (non-hydrogen) atoms. The van der Waals surface area contributed by atoms with Gasteiger partial charge in [-0.3, -0.25) is 19.5 Å². The molecule has 2 unspecified atom stereocenters. The standard InChI is InChI=1S/C26H21N5O5/c1-26(22-10-4-5-11-27-22)24(33)30(25(34)28-26)15-23(32)31-18(20-9-6-12-35-20)14-17(29-31)21-13-16-7-2-3-8-19(16)36-21/h2-13,18H,14-15H2,1H3,(H,28,34). The van der Waals surface area contributed by atoms with Crippen LogP contribution < -0.4 is 5.32 Å². The zero-order chi connectivity index (χ0) is 24.9. The average molecular weight is 483 g/mol. The molecule has 0 aliphatic carbocycles. The number of nitrogens with zero attached hydrogens (tertiary/aromatic N) is 4. The highest BCUT2D eigenvalue weighted by Gasteiger charge is 2.51. The largest absolute Gasteiger partial charge is 0.467 e. The molecule has 10 heteroatoms.